The van der Waals surface area contributed by atoms with Gasteiger partial charge in [0.1, 0.15) is 11.4 Å². The molecule has 1 aliphatic heterocycles. The van der Waals surface area contributed by atoms with E-state index in [1.54, 1.807) is 17.0 Å². The van der Waals surface area contributed by atoms with E-state index in [0.29, 0.717) is 23.8 Å². The van der Waals surface area contributed by atoms with Crippen LogP contribution in [0.3, 0.4) is 0 Å². The molecule has 0 aliphatic carbocycles. The number of phenols is 1. The van der Waals surface area contributed by atoms with Gasteiger partial charge in [0.05, 0.1) is 5.69 Å². The molecule has 1 amide bonds. The molecule has 1 heterocycles. The van der Waals surface area contributed by atoms with Gasteiger partial charge in [0.25, 0.3) is 0 Å². The van der Waals surface area contributed by atoms with Crippen molar-refractivity contribution in [2.24, 2.45) is 0 Å². The minimum absolute atomic E-state index is 0.141. The topological polar surface area (TPSA) is 61.8 Å². The number of ether oxygens (including phenoxy) is 1. The van der Waals surface area contributed by atoms with Crippen LogP contribution in [0, 0.1) is 0 Å². The molecular weight excluding hydrogens is 304 g/mol. The fourth-order valence-electron chi connectivity index (χ4n) is 2.38. The summed E-state index contributed by atoms with van der Waals surface area (Å²) in [4.78, 5) is 13.7. The van der Waals surface area contributed by atoms with Crippen molar-refractivity contribution >= 4 is 23.4 Å². The average Bonchev–Trinajstić information content (AvgIpc) is 2.41. The number of carbonyl (C=O) groups is 1. The van der Waals surface area contributed by atoms with Crippen LogP contribution in [0.1, 0.15) is 33.6 Å². The minimum atomic E-state index is -0.471. The van der Waals surface area contributed by atoms with Crippen molar-refractivity contribution < 1.29 is 14.6 Å². The molecule has 1 aliphatic rings. The van der Waals surface area contributed by atoms with Crippen molar-refractivity contribution in [3.63, 3.8) is 0 Å². The molecule has 0 aromatic heterocycles. The Morgan fingerprint density at radius 1 is 1.36 bits per heavy atom. The molecule has 1 fully saturated rings. The second kappa shape index (κ2) is 6.65. The normalized spacial score (nSPS) is 16.5. The van der Waals surface area contributed by atoms with Crippen LogP contribution in [-0.2, 0) is 4.74 Å². The number of halogens is 1. The first-order chi connectivity index (χ1) is 10.2. The number of nitrogens with one attached hydrogen (secondary N) is 1. The van der Waals surface area contributed by atoms with Crippen LogP contribution in [0.5, 0.6) is 5.75 Å². The highest BCUT2D eigenvalue weighted by Gasteiger charge is 2.27. The molecule has 5 nitrogen and oxygen atoms in total. The lowest BCUT2D eigenvalue weighted by Crippen LogP contribution is -2.44. The Labute approximate surface area is 136 Å². The third kappa shape index (κ3) is 4.70. The molecule has 22 heavy (non-hydrogen) atoms. The largest absolute Gasteiger partial charge is 0.506 e. The molecule has 1 aromatic rings. The molecule has 122 valence electrons. The first-order valence-electron chi connectivity index (χ1n) is 7.47. The van der Waals surface area contributed by atoms with E-state index in [2.05, 4.69) is 5.32 Å². The van der Waals surface area contributed by atoms with Gasteiger partial charge in [-0.1, -0.05) is 11.6 Å². The van der Waals surface area contributed by atoms with Crippen LogP contribution in [0.25, 0.3) is 0 Å². The van der Waals surface area contributed by atoms with E-state index < -0.39 is 5.60 Å². The number of rotatable bonds is 2. The summed E-state index contributed by atoms with van der Waals surface area (Å²) in [5.74, 6) is 0.141. The summed E-state index contributed by atoms with van der Waals surface area (Å²) in [7, 11) is 0. The number of likely N-dealkylation sites (tertiary alicyclic amines) is 1. The van der Waals surface area contributed by atoms with Gasteiger partial charge in [0, 0.05) is 30.2 Å². The first-order valence-corrected chi connectivity index (χ1v) is 7.85. The molecule has 2 N–H and O–H groups in total. The zero-order valence-electron chi connectivity index (χ0n) is 13.2. The maximum Gasteiger partial charge on any atom is 0.410 e. The van der Waals surface area contributed by atoms with Gasteiger partial charge < -0.3 is 20.1 Å². The van der Waals surface area contributed by atoms with Crippen LogP contribution in [0.2, 0.25) is 5.02 Å². The van der Waals surface area contributed by atoms with Gasteiger partial charge in [-0.2, -0.15) is 0 Å². The highest BCUT2D eigenvalue weighted by Crippen LogP contribution is 2.28. The number of hydrogen-bond acceptors (Lipinski definition) is 4. The monoisotopic (exact) mass is 326 g/mol. The van der Waals surface area contributed by atoms with E-state index in [1.165, 1.54) is 6.07 Å². The lowest BCUT2D eigenvalue weighted by atomic mass is 10.0. The average molecular weight is 327 g/mol. The number of benzene rings is 1. The van der Waals surface area contributed by atoms with E-state index in [1.807, 2.05) is 20.8 Å². The second-order valence-electron chi connectivity index (χ2n) is 6.55. The quantitative estimate of drug-likeness (QED) is 0.810. The van der Waals surface area contributed by atoms with Gasteiger partial charge >= 0.3 is 6.09 Å². The smallest absolute Gasteiger partial charge is 0.410 e. The summed E-state index contributed by atoms with van der Waals surface area (Å²) in [6.07, 6.45) is 1.35. The molecule has 0 bridgehead atoms. The summed E-state index contributed by atoms with van der Waals surface area (Å²) in [5.41, 5.74) is 0.196. The van der Waals surface area contributed by atoms with Crippen LogP contribution < -0.4 is 5.32 Å². The van der Waals surface area contributed by atoms with Crippen molar-refractivity contribution in [2.45, 2.75) is 45.3 Å². The van der Waals surface area contributed by atoms with Crippen LogP contribution >= 0.6 is 11.6 Å². The Hall–Kier alpha value is -1.62. The standard InChI is InChI=1S/C16H23ClN2O3/c1-16(2,3)22-15(21)19-8-6-12(7-9-19)18-13-5-4-11(17)10-14(13)20/h4-5,10,12,18,20H,6-9H2,1-3H3. The van der Waals surface area contributed by atoms with Crippen molar-refractivity contribution in [3.8, 4) is 5.75 Å². The molecule has 0 atom stereocenters. The lowest BCUT2D eigenvalue weighted by Gasteiger charge is -2.34. The fourth-order valence-corrected chi connectivity index (χ4v) is 2.55. The summed E-state index contributed by atoms with van der Waals surface area (Å²) in [5, 5.41) is 13.7. The highest BCUT2D eigenvalue weighted by molar-refractivity contribution is 6.30. The molecule has 1 saturated heterocycles. The number of carbonyl (C=O) groups excluding carboxylic acids is 1. The number of phenolic OH excluding ortho intramolecular Hbond substituents is 1. The minimum Gasteiger partial charge on any atom is -0.506 e. The Kier molecular flexibility index (Phi) is 5.06. The van der Waals surface area contributed by atoms with Crippen LogP contribution in [0.4, 0.5) is 10.5 Å². The highest BCUT2D eigenvalue weighted by atomic mass is 35.5. The molecule has 0 saturated carbocycles. The van der Waals surface area contributed by atoms with E-state index in [9.17, 15) is 9.90 Å². The summed E-state index contributed by atoms with van der Waals surface area (Å²) in [6, 6.07) is 5.22. The van der Waals surface area contributed by atoms with Gasteiger partial charge in [-0.15, -0.1) is 0 Å². The maximum atomic E-state index is 12.0. The van der Waals surface area contributed by atoms with Gasteiger partial charge in [0.15, 0.2) is 0 Å². The Balaban J connectivity index is 1.86. The van der Waals surface area contributed by atoms with Crippen LogP contribution in [-0.4, -0.2) is 40.8 Å². The molecule has 0 radical (unpaired) electrons. The van der Waals surface area contributed by atoms with Crippen molar-refractivity contribution in [1.29, 1.82) is 0 Å². The third-order valence-electron chi connectivity index (χ3n) is 3.47. The SMILES string of the molecule is CC(C)(C)OC(=O)N1CCC(Nc2ccc(Cl)cc2O)CC1. The zero-order chi connectivity index (χ0) is 16.3. The van der Waals surface area contributed by atoms with Gasteiger partial charge in [-0.25, -0.2) is 4.79 Å². The number of anilines is 1. The maximum absolute atomic E-state index is 12.0. The lowest BCUT2D eigenvalue weighted by molar-refractivity contribution is 0.0210. The van der Waals surface area contributed by atoms with E-state index in [4.69, 9.17) is 16.3 Å². The predicted molar refractivity (Wildman–Crippen MR) is 87.6 cm³/mol. The number of piperidine rings is 1. The zero-order valence-corrected chi connectivity index (χ0v) is 14.0. The fraction of sp³-hybridized carbons (Fsp3) is 0.562. The van der Waals surface area contributed by atoms with E-state index in [0.717, 1.165) is 12.8 Å². The second-order valence-corrected chi connectivity index (χ2v) is 6.98. The Morgan fingerprint density at radius 2 is 2.00 bits per heavy atom. The van der Waals surface area contributed by atoms with Crippen molar-refractivity contribution in [3.05, 3.63) is 23.2 Å². The number of nitrogens with zero attached hydrogens (tertiary/aromatic N) is 1. The number of hydrogen-bond donors (Lipinski definition) is 2. The van der Waals surface area contributed by atoms with Gasteiger partial charge in [-0.3, -0.25) is 0 Å². The van der Waals surface area contributed by atoms with Crippen molar-refractivity contribution in [2.75, 3.05) is 18.4 Å². The predicted octanol–water partition coefficient (Wildman–Crippen LogP) is 3.86. The first kappa shape index (κ1) is 16.7. The molecule has 2 rings (SSSR count). The van der Waals surface area contributed by atoms with Gasteiger partial charge in [-0.05, 0) is 45.7 Å². The Bertz CT molecular complexity index is 535. The number of amides is 1. The summed E-state index contributed by atoms with van der Waals surface area (Å²) >= 11 is 5.82. The molecular formula is C16H23ClN2O3. The molecule has 0 unspecified atom stereocenters. The van der Waals surface area contributed by atoms with Gasteiger partial charge in [0.2, 0.25) is 0 Å². The summed E-state index contributed by atoms with van der Waals surface area (Å²) < 4.78 is 5.37. The third-order valence-corrected chi connectivity index (χ3v) is 3.70. The molecule has 0 spiro atoms. The van der Waals surface area contributed by atoms with E-state index in [-0.39, 0.29) is 17.9 Å². The molecule has 1 aromatic carbocycles. The van der Waals surface area contributed by atoms with E-state index >= 15 is 0 Å². The van der Waals surface area contributed by atoms with Crippen molar-refractivity contribution in [1.82, 2.24) is 4.90 Å². The number of aromatic hydroxyl groups is 1. The van der Waals surface area contributed by atoms with Crippen LogP contribution in [0.15, 0.2) is 18.2 Å². The molecule has 6 heteroatoms. The summed E-state index contributed by atoms with van der Waals surface area (Å²) in [6.45, 7) is 6.87. The Morgan fingerprint density at radius 3 is 2.55 bits per heavy atom.